The van der Waals surface area contributed by atoms with Crippen LogP contribution in [0.25, 0.3) is 0 Å². The van der Waals surface area contributed by atoms with Gasteiger partial charge in [-0.3, -0.25) is 9.78 Å². The molecule has 0 saturated carbocycles. The molecule has 3 rings (SSSR count). The van der Waals surface area contributed by atoms with Crippen LogP contribution in [0.5, 0.6) is 0 Å². The number of hydrogen-bond donors (Lipinski definition) is 1. The molecule has 0 fully saturated rings. The fourth-order valence-electron chi connectivity index (χ4n) is 2.58. The van der Waals surface area contributed by atoms with Crippen LogP contribution in [0.4, 0.5) is 5.69 Å². The van der Waals surface area contributed by atoms with Crippen molar-refractivity contribution in [3.63, 3.8) is 0 Å². The maximum atomic E-state index is 12.4. The highest BCUT2D eigenvalue weighted by Crippen LogP contribution is 2.29. The van der Waals surface area contributed by atoms with Crippen molar-refractivity contribution in [2.24, 2.45) is 5.92 Å². The zero-order valence-electron chi connectivity index (χ0n) is 9.97. The zero-order chi connectivity index (χ0) is 12.5. The summed E-state index contributed by atoms with van der Waals surface area (Å²) in [5.74, 6) is 0.116. The Labute approximate surface area is 106 Å². The Morgan fingerprint density at radius 1 is 1.17 bits per heavy atom. The molecule has 1 heterocycles. The zero-order valence-corrected chi connectivity index (χ0v) is 9.97. The third-order valence-corrected chi connectivity index (χ3v) is 3.54. The molecule has 0 bridgehead atoms. The number of carbonyl (C=O) groups is 1. The maximum Gasteiger partial charge on any atom is 0.170 e. The first-order chi connectivity index (χ1) is 8.75. The van der Waals surface area contributed by atoms with E-state index in [2.05, 4.69) is 17.1 Å². The first-order valence-electron chi connectivity index (χ1n) is 6.06. The van der Waals surface area contributed by atoms with E-state index < -0.39 is 0 Å². The van der Waals surface area contributed by atoms with Gasteiger partial charge in [0.25, 0.3) is 0 Å². The molecule has 0 saturated heterocycles. The summed E-state index contributed by atoms with van der Waals surface area (Å²) in [4.78, 5) is 16.4. The lowest BCUT2D eigenvalue weighted by Gasteiger charge is -2.09. The Hall–Kier alpha value is -2.16. The van der Waals surface area contributed by atoms with Crippen molar-refractivity contribution in [2.45, 2.75) is 12.8 Å². The summed E-state index contributed by atoms with van der Waals surface area (Å²) < 4.78 is 0. The number of Topliss-reactive ketones (excluding diaryl/α,β-unsaturated/α-hetero) is 1. The summed E-state index contributed by atoms with van der Waals surface area (Å²) in [6.07, 6.45) is 4.79. The smallest absolute Gasteiger partial charge is 0.170 e. The lowest BCUT2D eigenvalue weighted by Crippen LogP contribution is -2.16. The largest absolute Gasteiger partial charge is 0.398 e. The average Bonchev–Trinajstić information content (AvgIpc) is 2.82. The van der Waals surface area contributed by atoms with Gasteiger partial charge in [-0.15, -0.1) is 0 Å². The second-order valence-electron chi connectivity index (χ2n) is 4.70. The van der Waals surface area contributed by atoms with E-state index in [1.165, 1.54) is 11.1 Å². The maximum absolute atomic E-state index is 12.4. The van der Waals surface area contributed by atoms with E-state index in [1.54, 1.807) is 18.5 Å². The fourth-order valence-corrected chi connectivity index (χ4v) is 2.58. The van der Waals surface area contributed by atoms with Crippen LogP contribution < -0.4 is 5.73 Å². The molecule has 2 N–H and O–H groups in total. The quantitative estimate of drug-likeness (QED) is 0.816. The van der Waals surface area contributed by atoms with Crippen molar-refractivity contribution < 1.29 is 4.79 Å². The van der Waals surface area contributed by atoms with Gasteiger partial charge in [0.1, 0.15) is 0 Å². The first-order valence-corrected chi connectivity index (χ1v) is 6.06. The molecular weight excluding hydrogens is 224 g/mol. The highest BCUT2D eigenvalue weighted by Gasteiger charge is 2.28. The molecule has 0 aliphatic heterocycles. The number of nitrogens with zero attached hydrogens (tertiary/aromatic N) is 1. The number of anilines is 1. The van der Waals surface area contributed by atoms with E-state index >= 15 is 0 Å². The Morgan fingerprint density at radius 2 is 1.83 bits per heavy atom. The lowest BCUT2D eigenvalue weighted by molar-refractivity contribution is 0.0925. The van der Waals surface area contributed by atoms with Crippen LogP contribution in [0.15, 0.2) is 42.7 Å². The van der Waals surface area contributed by atoms with Gasteiger partial charge in [-0.05, 0) is 30.0 Å². The van der Waals surface area contributed by atoms with Gasteiger partial charge in [-0.2, -0.15) is 0 Å². The number of rotatable bonds is 2. The number of aromatic nitrogens is 1. The van der Waals surface area contributed by atoms with E-state index in [0.29, 0.717) is 11.3 Å². The molecule has 0 unspecified atom stereocenters. The lowest BCUT2D eigenvalue weighted by atomic mass is 9.95. The van der Waals surface area contributed by atoms with Crippen molar-refractivity contribution >= 4 is 11.5 Å². The highest BCUT2D eigenvalue weighted by molar-refractivity contribution is 6.02. The van der Waals surface area contributed by atoms with Crippen molar-refractivity contribution in [3.05, 3.63) is 59.4 Å². The SMILES string of the molecule is Nc1ccncc1C(=O)C1Cc2ccccc2C1. The molecule has 18 heavy (non-hydrogen) atoms. The van der Waals surface area contributed by atoms with Gasteiger partial charge in [0, 0.05) is 24.0 Å². The minimum absolute atomic E-state index is 0.00824. The summed E-state index contributed by atoms with van der Waals surface area (Å²) in [5.41, 5.74) is 9.46. The van der Waals surface area contributed by atoms with Crippen molar-refractivity contribution in [2.75, 3.05) is 5.73 Å². The Morgan fingerprint density at radius 3 is 2.44 bits per heavy atom. The van der Waals surface area contributed by atoms with Crippen LogP contribution >= 0.6 is 0 Å². The fraction of sp³-hybridized carbons (Fsp3) is 0.200. The van der Waals surface area contributed by atoms with E-state index in [0.717, 1.165) is 12.8 Å². The minimum atomic E-state index is 0.00824. The summed E-state index contributed by atoms with van der Waals surface area (Å²) in [5, 5.41) is 0. The molecule has 3 nitrogen and oxygen atoms in total. The van der Waals surface area contributed by atoms with Gasteiger partial charge < -0.3 is 5.73 Å². The van der Waals surface area contributed by atoms with Crippen LogP contribution in [0, 0.1) is 5.92 Å². The van der Waals surface area contributed by atoms with Gasteiger partial charge in [0.05, 0.1) is 5.56 Å². The monoisotopic (exact) mass is 238 g/mol. The highest BCUT2D eigenvalue weighted by atomic mass is 16.1. The predicted octanol–water partition coefficient (Wildman–Crippen LogP) is 2.26. The molecule has 1 aromatic carbocycles. The van der Waals surface area contributed by atoms with Crippen LogP contribution in [0.2, 0.25) is 0 Å². The molecule has 90 valence electrons. The molecule has 1 aromatic heterocycles. The van der Waals surface area contributed by atoms with Gasteiger partial charge in [-0.25, -0.2) is 0 Å². The van der Waals surface area contributed by atoms with E-state index in [-0.39, 0.29) is 11.7 Å². The number of fused-ring (bicyclic) bond motifs is 1. The third kappa shape index (κ3) is 1.78. The van der Waals surface area contributed by atoms with E-state index in [4.69, 9.17) is 5.73 Å². The van der Waals surface area contributed by atoms with Crippen molar-refractivity contribution in [1.82, 2.24) is 4.98 Å². The molecule has 3 heteroatoms. The average molecular weight is 238 g/mol. The normalized spacial score (nSPS) is 14.4. The summed E-state index contributed by atoms with van der Waals surface area (Å²) >= 11 is 0. The summed E-state index contributed by atoms with van der Waals surface area (Å²) in [6, 6.07) is 9.90. The number of carbonyl (C=O) groups excluding carboxylic acids is 1. The summed E-state index contributed by atoms with van der Waals surface area (Å²) in [7, 11) is 0. The number of nitrogens with two attached hydrogens (primary N) is 1. The number of hydrogen-bond acceptors (Lipinski definition) is 3. The number of benzene rings is 1. The minimum Gasteiger partial charge on any atom is -0.398 e. The first kappa shape index (κ1) is 11.0. The number of nitrogen functional groups attached to an aromatic ring is 1. The number of pyridine rings is 1. The van der Waals surface area contributed by atoms with Gasteiger partial charge in [-0.1, -0.05) is 24.3 Å². The number of ketones is 1. The second kappa shape index (κ2) is 4.26. The predicted molar refractivity (Wildman–Crippen MR) is 70.3 cm³/mol. The van der Waals surface area contributed by atoms with Crippen LogP contribution in [0.1, 0.15) is 21.5 Å². The molecule has 0 radical (unpaired) electrons. The molecule has 1 aliphatic carbocycles. The Bertz CT molecular complexity index is 582. The van der Waals surface area contributed by atoms with Crippen LogP contribution in [0.3, 0.4) is 0 Å². The topological polar surface area (TPSA) is 56.0 Å². The van der Waals surface area contributed by atoms with Crippen LogP contribution in [-0.2, 0) is 12.8 Å². The molecular formula is C15H14N2O. The molecule has 0 amide bonds. The summed E-state index contributed by atoms with van der Waals surface area (Å²) in [6.45, 7) is 0. The van der Waals surface area contributed by atoms with Gasteiger partial charge >= 0.3 is 0 Å². The van der Waals surface area contributed by atoms with Gasteiger partial charge in [0.2, 0.25) is 0 Å². The molecule has 0 spiro atoms. The molecule has 1 aliphatic rings. The van der Waals surface area contributed by atoms with E-state index in [9.17, 15) is 4.79 Å². The van der Waals surface area contributed by atoms with Crippen molar-refractivity contribution in [1.29, 1.82) is 0 Å². The Balaban J connectivity index is 1.87. The van der Waals surface area contributed by atoms with Gasteiger partial charge in [0.15, 0.2) is 5.78 Å². The molecule has 0 atom stereocenters. The standard InChI is InChI=1S/C15H14N2O/c16-14-5-6-17-9-13(14)15(18)12-7-10-3-1-2-4-11(10)8-12/h1-6,9,12H,7-8H2,(H2,16,17). The third-order valence-electron chi connectivity index (χ3n) is 3.54. The van der Waals surface area contributed by atoms with Crippen molar-refractivity contribution in [3.8, 4) is 0 Å². The van der Waals surface area contributed by atoms with E-state index in [1.807, 2.05) is 12.1 Å². The molecule has 2 aromatic rings. The Kier molecular flexibility index (Phi) is 2.59. The van der Waals surface area contributed by atoms with Crippen LogP contribution in [-0.4, -0.2) is 10.8 Å². The second-order valence-corrected chi connectivity index (χ2v) is 4.70.